The van der Waals surface area contributed by atoms with Crippen LogP contribution >= 0.6 is 27.7 Å². The van der Waals surface area contributed by atoms with Gasteiger partial charge in [-0.15, -0.1) is 0 Å². The molecule has 1 N–H and O–H groups in total. The van der Waals surface area contributed by atoms with Crippen LogP contribution in [0.3, 0.4) is 0 Å². The van der Waals surface area contributed by atoms with Gasteiger partial charge in [0.1, 0.15) is 5.39 Å². The highest BCUT2D eigenvalue weighted by Crippen LogP contribution is 2.34. The molecule has 3 heterocycles. The summed E-state index contributed by atoms with van der Waals surface area (Å²) in [5.74, 6) is 0.493. The lowest BCUT2D eigenvalue weighted by Gasteiger charge is -2.14. The van der Waals surface area contributed by atoms with Gasteiger partial charge in [-0.1, -0.05) is 45.9 Å². The second-order valence-corrected chi connectivity index (χ2v) is 9.67. The molecule has 0 spiro atoms. The fraction of sp³-hybridized carbons (Fsp3) is 0.217. The van der Waals surface area contributed by atoms with Crippen LogP contribution in [0.4, 0.5) is 5.69 Å². The topological polar surface area (TPSA) is 81.8 Å². The van der Waals surface area contributed by atoms with Gasteiger partial charge >= 0.3 is 0 Å². The molecule has 0 saturated heterocycles. The first kappa shape index (κ1) is 21.0. The highest BCUT2D eigenvalue weighted by molar-refractivity contribution is 9.10. The van der Waals surface area contributed by atoms with Crippen molar-refractivity contribution in [3.05, 3.63) is 74.6 Å². The monoisotopic (exact) mass is 509 g/mol. The molecular weight excluding hydrogens is 490 g/mol. The van der Waals surface area contributed by atoms with Crippen molar-refractivity contribution in [2.24, 2.45) is 0 Å². The lowest BCUT2D eigenvalue weighted by atomic mass is 10.2. The van der Waals surface area contributed by atoms with Gasteiger partial charge in [0.25, 0.3) is 5.56 Å². The lowest BCUT2D eigenvalue weighted by molar-refractivity contribution is -0.116. The molecule has 2 aromatic carbocycles. The van der Waals surface area contributed by atoms with Crippen molar-refractivity contribution in [2.45, 2.75) is 31.5 Å². The van der Waals surface area contributed by atoms with Crippen molar-refractivity contribution in [3.8, 4) is 5.69 Å². The third kappa shape index (κ3) is 3.65. The molecule has 162 valence electrons. The van der Waals surface area contributed by atoms with E-state index in [4.69, 9.17) is 4.98 Å². The number of aromatic nitrogens is 4. The molecule has 1 atom stereocenters. The minimum absolute atomic E-state index is 0.132. The van der Waals surface area contributed by atoms with Crippen molar-refractivity contribution in [3.63, 3.8) is 0 Å². The van der Waals surface area contributed by atoms with Crippen molar-refractivity contribution in [2.75, 3.05) is 11.1 Å². The number of aryl methyl sites for hydroxylation is 2. The van der Waals surface area contributed by atoms with Crippen LogP contribution in [0.5, 0.6) is 0 Å². The third-order valence-electron chi connectivity index (χ3n) is 5.58. The Kier molecular flexibility index (Phi) is 5.38. The molecule has 0 saturated carbocycles. The zero-order chi connectivity index (χ0) is 22.4. The van der Waals surface area contributed by atoms with Gasteiger partial charge in [0.2, 0.25) is 5.91 Å². The Balaban J connectivity index is 1.44. The quantitative estimate of drug-likeness (QED) is 0.405. The van der Waals surface area contributed by atoms with Gasteiger partial charge in [-0.2, -0.15) is 5.10 Å². The van der Waals surface area contributed by atoms with Crippen molar-refractivity contribution in [1.29, 1.82) is 0 Å². The van der Waals surface area contributed by atoms with Crippen LogP contribution in [0.25, 0.3) is 16.7 Å². The SMILES string of the molecule is Cc1cc(NC(=O)CC2CSc3nc4c(cnn4-c4ccccc4C)c(=O)n32)ccc1Br. The second-order valence-electron chi connectivity index (χ2n) is 7.83. The van der Waals surface area contributed by atoms with Crippen LogP contribution in [-0.2, 0) is 4.79 Å². The first-order chi connectivity index (χ1) is 15.4. The summed E-state index contributed by atoms with van der Waals surface area (Å²) >= 11 is 4.96. The summed E-state index contributed by atoms with van der Waals surface area (Å²) in [6.07, 6.45) is 1.77. The van der Waals surface area contributed by atoms with E-state index in [1.54, 1.807) is 15.4 Å². The highest BCUT2D eigenvalue weighted by Gasteiger charge is 2.29. The number of hydrogen-bond acceptors (Lipinski definition) is 5. The number of carbonyl (C=O) groups excluding carboxylic acids is 1. The number of nitrogens with zero attached hydrogens (tertiary/aromatic N) is 4. The van der Waals surface area contributed by atoms with Gasteiger partial charge < -0.3 is 5.32 Å². The zero-order valence-electron chi connectivity index (χ0n) is 17.5. The smallest absolute Gasteiger partial charge is 0.265 e. The summed E-state index contributed by atoms with van der Waals surface area (Å²) in [7, 11) is 0. The maximum Gasteiger partial charge on any atom is 0.265 e. The summed E-state index contributed by atoms with van der Waals surface area (Å²) in [6.45, 7) is 3.97. The minimum atomic E-state index is -0.252. The van der Waals surface area contributed by atoms with Gasteiger partial charge in [0.05, 0.1) is 17.9 Å². The molecule has 1 unspecified atom stereocenters. The molecule has 1 aliphatic heterocycles. The van der Waals surface area contributed by atoms with Crippen molar-refractivity contribution >= 4 is 50.3 Å². The van der Waals surface area contributed by atoms with Crippen LogP contribution in [0.15, 0.2) is 63.1 Å². The number of hydrogen-bond donors (Lipinski definition) is 1. The Morgan fingerprint density at radius 2 is 2.03 bits per heavy atom. The number of amides is 1. The molecule has 9 heteroatoms. The number of carbonyl (C=O) groups is 1. The van der Waals surface area contributed by atoms with Crippen LogP contribution < -0.4 is 10.9 Å². The molecule has 5 rings (SSSR count). The van der Waals surface area contributed by atoms with E-state index in [2.05, 4.69) is 26.3 Å². The average molecular weight is 510 g/mol. The van der Waals surface area contributed by atoms with Gasteiger partial charge in [0, 0.05) is 22.3 Å². The van der Waals surface area contributed by atoms with E-state index >= 15 is 0 Å². The van der Waals surface area contributed by atoms with E-state index in [-0.39, 0.29) is 23.9 Å². The number of nitrogens with one attached hydrogen (secondary N) is 1. The molecule has 1 amide bonds. The van der Waals surface area contributed by atoms with E-state index in [1.807, 2.05) is 56.3 Å². The van der Waals surface area contributed by atoms with Gasteiger partial charge in [-0.25, -0.2) is 9.67 Å². The van der Waals surface area contributed by atoms with Crippen LogP contribution in [0.1, 0.15) is 23.6 Å². The van der Waals surface area contributed by atoms with E-state index in [0.29, 0.717) is 21.9 Å². The Bertz CT molecular complexity index is 1430. The molecule has 7 nitrogen and oxygen atoms in total. The molecular formula is C23H20BrN5O2S. The molecule has 4 aromatic rings. The third-order valence-corrected chi connectivity index (χ3v) is 7.56. The van der Waals surface area contributed by atoms with E-state index in [9.17, 15) is 9.59 Å². The molecule has 2 aromatic heterocycles. The molecule has 1 aliphatic rings. The van der Waals surface area contributed by atoms with E-state index in [1.165, 1.54) is 11.8 Å². The Morgan fingerprint density at radius 3 is 2.81 bits per heavy atom. The maximum absolute atomic E-state index is 13.3. The fourth-order valence-electron chi connectivity index (χ4n) is 3.91. The molecule has 0 bridgehead atoms. The summed E-state index contributed by atoms with van der Waals surface area (Å²) < 4.78 is 4.34. The first-order valence-corrected chi connectivity index (χ1v) is 12.0. The largest absolute Gasteiger partial charge is 0.326 e. The maximum atomic E-state index is 13.3. The number of fused-ring (bicyclic) bond motifs is 2. The predicted molar refractivity (Wildman–Crippen MR) is 130 cm³/mol. The highest BCUT2D eigenvalue weighted by atomic mass is 79.9. The number of para-hydroxylation sites is 1. The van der Waals surface area contributed by atoms with E-state index in [0.717, 1.165) is 27.0 Å². The Labute approximate surface area is 197 Å². The van der Waals surface area contributed by atoms with Crippen molar-refractivity contribution in [1.82, 2.24) is 19.3 Å². The number of halogens is 1. The standard InChI is InChI=1S/C23H20BrN5O2S/c1-13-5-3-4-6-19(13)29-21-17(11-25-29)22(31)28-16(12-32-23(28)27-21)10-20(30)26-15-7-8-18(24)14(2)9-15/h3-9,11,16H,10,12H2,1-2H3,(H,26,30). The normalized spacial score (nSPS) is 15.2. The van der Waals surface area contributed by atoms with Gasteiger partial charge in [0.15, 0.2) is 10.8 Å². The molecule has 32 heavy (non-hydrogen) atoms. The van der Waals surface area contributed by atoms with Gasteiger partial charge in [-0.3, -0.25) is 14.2 Å². The Morgan fingerprint density at radius 1 is 1.22 bits per heavy atom. The second kappa shape index (κ2) is 8.22. The van der Waals surface area contributed by atoms with Crippen LogP contribution in [0.2, 0.25) is 0 Å². The van der Waals surface area contributed by atoms with Crippen molar-refractivity contribution < 1.29 is 4.79 Å². The molecule has 0 fully saturated rings. The van der Waals surface area contributed by atoms with Crippen LogP contribution in [0, 0.1) is 13.8 Å². The summed E-state index contributed by atoms with van der Waals surface area (Å²) in [5.41, 5.74) is 4.10. The predicted octanol–water partition coefficient (Wildman–Crippen LogP) is 4.64. The number of rotatable bonds is 4. The fourth-order valence-corrected chi connectivity index (χ4v) is 5.28. The average Bonchev–Trinajstić information content (AvgIpc) is 3.36. The number of benzene rings is 2. The Hall–Kier alpha value is -2.91. The summed E-state index contributed by atoms with van der Waals surface area (Å²) in [6, 6.07) is 13.3. The summed E-state index contributed by atoms with van der Waals surface area (Å²) in [4.78, 5) is 30.7. The van der Waals surface area contributed by atoms with Gasteiger partial charge in [-0.05, 0) is 49.2 Å². The number of thioether (sulfide) groups is 1. The summed E-state index contributed by atoms with van der Waals surface area (Å²) in [5, 5.41) is 8.44. The number of anilines is 1. The molecule has 0 radical (unpaired) electrons. The van der Waals surface area contributed by atoms with Crippen LogP contribution in [-0.4, -0.2) is 31.0 Å². The first-order valence-electron chi connectivity index (χ1n) is 10.2. The zero-order valence-corrected chi connectivity index (χ0v) is 19.9. The molecule has 0 aliphatic carbocycles. The lowest BCUT2D eigenvalue weighted by Crippen LogP contribution is -2.27. The minimum Gasteiger partial charge on any atom is -0.326 e. The van der Waals surface area contributed by atoms with E-state index < -0.39 is 0 Å².